The third-order valence-corrected chi connectivity index (χ3v) is 9.56. The molecule has 1 fully saturated rings. The Morgan fingerprint density at radius 1 is 1.35 bits per heavy atom. The Bertz CT molecular complexity index is 278. The minimum Gasteiger partial charge on any atom is -0.414 e. The van der Waals surface area contributed by atoms with Crippen molar-refractivity contribution in [2.75, 3.05) is 5.75 Å². The van der Waals surface area contributed by atoms with Crippen molar-refractivity contribution < 1.29 is 9.22 Å². The Balaban J connectivity index is 2.28. The second-order valence-corrected chi connectivity index (χ2v) is 12.6. The first-order valence-electron chi connectivity index (χ1n) is 6.43. The molecule has 1 aliphatic rings. The van der Waals surface area contributed by atoms with Gasteiger partial charge in [-0.3, -0.25) is 4.79 Å². The lowest BCUT2D eigenvalue weighted by Gasteiger charge is -2.44. The van der Waals surface area contributed by atoms with Gasteiger partial charge in [-0.1, -0.05) is 32.5 Å². The Morgan fingerprint density at radius 2 is 1.88 bits per heavy atom. The fourth-order valence-electron chi connectivity index (χ4n) is 1.74. The van der Waals surface area contributed by atoms with Crippen LogP contribution in [0.2, 0.25) is 18.1 Å². The summed E-state index contributed by atoms with van der Waals surface area (Å²) in [6.07, 6.45) is 2.74. The third kappa shape index (κ3) is 4.41. The van der Waals surface area contributed by atoms with Gasteiger partial charge in [-0.05, 0) is 36.9 Å². The fourth-order valence-corrected chi connectivity index (χ4v) is 3.86. The average Bonchev–Trinajstić information content (AvgIpc) is 2.06. The lowest BCUT2D eigenvalue weighted by Crippen LogP contribution is -2.47. The molecule has 0 aromatic carbocycles. The van der Waals surface area contributed by atoms with Crippen LogP contribution in [0.4, 0.5) is 0 Å². The molecule has 1 rings (SSSR count). The van der Waals surface area contributed by atoms with Gasteiger partial charge >= 0.3 is 0 Å². The molecule has 0 aromatic rings. The summed E-state index contributed by atoms with van der Waals surface area (Å²) in [5.41, 5.74) is 0. The van der Waals surface area contributed by atoms with Crippen LogP contribution in [0.3, 0.4) is 0 Å². The molecule has 4 heteroatoms. The van der Waals surface area contributed by atoms with Gasteiger partial charge in [-0.15, -0.1) is 0 Å². The van der Waals surface area contributed by atoms with Gasteiger partial charge < -0.3 is 4.43 Å². The Kier molecular flexibility index (Phi) is 4.89. The van der Waals surface area contributed by atoms with Crippen molar-refractivity contribution in [2.24, 2.45) is 5.92 Å². The molecule has 17 heavy (non-hydrogen) atoms. The van der Waals surface area contributed by atoms with Gasteiger partial charge in [0.1, 0.15) is 0 Å². The van der Waals surface area contributed by atoms with Gasteiger partial charge in [0.25, 0.3) is 0 Å². The van der Waals surface area contributed by atoms with E-state index in [1.165, 1.54) is 11.8 Å². The predicted octanol–water partition coefficient (Wildman–Crippen LogP) is 4.07. The molecule has 2 nitrogen and oxygen atoms in total. The van der Waals surface area contributed by atoms with Crippen LogP contribution in [0.15, 0.2) is 0 Å². The van der Waals surface area contributed by atoms with E-state index in [0.29, 0.717) is 17.1 Å². The maximum Gasteiger partial charge on any atom is 0.192 e. The molecule has 0 unspecified atom stereocenters. The zero-order valence-corrected chi connectivity index (χ0v) is 13.8. The largest absolute Gasteiger partial charge is 0.414 e. The van der Waals surface area contributed by atoms with Crippen molar-refractivity contribution in [2.45, 2.75) is 64.8 Å². The normalized spacial score (nSPS) is 25.5. The quantitative estimate of drug-likeness (QED) is 0.723. The smallest absolute Gasteiger partial charge is 0.192 e. The Hall–Kier alpha value is 0.197. The van der Waals surface area contributed by atoms with Crippen molar-refractivity contribution in [3.8, 4) is 0 Å². The van der Waals surface area contributed by atoms with Crippen LogP contribution >= 0.6 is 11.8 Å². The van der Waals surface area contributed by atoms with Gasteiger partial charge in [0.05, 0.1) is 0 Å². The van der Waals surface area contributed by atoms with Crippen LogP contribution in [0.25, 0.3) is 0 Å². The van der Waals surface area contributed by atoms with Gasteiger partial charge in [-0.2, -0.15) is 0 Å². The zero-order chi connectivity index (χ0) is 13.3. The van der Waals surface area contributed by atoms with Crippen LogP contribution < -0.4 is 0 Å². The van der Waals surface area contributed by atoms with E-state index < -0.39 is 8.32 Å². The number of carbonyl (C=O) groups excluding carboxylic acids is 1. The summed E-state index contributed by atoms with van der Waals surface area (Å²) in [4.78, 5) is 10.9. The first kappa shape index (κ1) is 15.3. The Morgan fingerprint density at radius 3 is 2.29 bits per heavy atom. The number of hydrogen-bond donors (Lipinski definition) is 0. The van der Waals surface area contributed by atoms with Crippen molar-refractivity contribution >= 4 is 25.2 Å². The van der Waals surface area contributed by atoms with E-state index in [4.69, 9.17) is 4.43 Å². The van der Waals surface area contributed by atoms with E-state index in [0.717, 1.165) is 18.6 Å². The van der Waals surface area contributed by atoms with Crippen molar-refractivity contribution in [1.82, 2.24) is 0 Å². The molecule has 0 aliphatic heterocycles. The van der Waals surface area contributed by atoms with Crippen LogP contribution in [0.1, 0.15) is 40.5 Å². The lowest BCUT2D eigenvalue weighted by molar-refractivity contribution is -0.109. The minimum atomic E-state index is -1.59. The van der Waals surface area contributed by atoms with E-state index >= 15 is 0 Å². The highest BCUT2D eigenvalue weighted by Gasteiger charge is 2.42. The van der Waals surface area contributed by atoms with Gasteiger partial charge in [0.15, 0.2) is 13.4 Å². The number of carbonyl (C=O) groups is 1. The maximum atomic E-state index is 10.9. The van der Waals surface area contributed by atoms with E-state index in [2.05, 4.69) is 33.9 Å². The molecule has 0 atom stereocenters. The molecule has 0 N–H and O–H groups in total. The molecule has 0 radical (unpaired) electrons. The van der Waals surface area contributed by atoms with Gasteiger partial charge in [0.2, 0.25) is 0 Å². The number of thioether (sulfide) groups is 1. The highest BCUT2D eigenvalue weighted by atomic mass is 32.2. The molecular formula is C13H26O2SSi. The Labute approximate surface area is 111 Å². The molecule has 1 saturated carbocycles. The van der Waals surface area contributed by atoms with Crippen LogP contribution in [0.5, 0.6) is 0 Å². The summed E-state index contributed by atoms with van der Waals surface area (Å²) < 4.78 is 6.32. The third-order valence-electron chi connectivity index (χ3n) is 3.98. The molecule has 0 bridgehead atoms. The fraction of sp³-hybridized carbons (Fsp3) is 0.923. The number of rotatable bonds is 4. The van der Waals surface area contributed by atoms with E-state index in [-0.39, 0.29) is 5.12 Å². The maximum absolute atomic E-state index is 10.9. The number of hydrogen-bond acceptors (Lipinski definition) is 3. The van der Waals surface area contributed by atoms with Crippen molar-refractivity contribution in [3.63, 3.8) is 0 Å². The highest BCUT2D eigenvalue weighted by Crippen LogP contribution is 2.42. The second kappa shape index (κ2) is 5.45. The molecule has 0 aromatic heterocycles. The molecule has 1 aliphatic carbocycles. The summed E-state index contributed by atoms with van der Waals surface area (Å²) in [5.74, 6) is 1.67. The van der Waals surface area contributed by atoms with Crippen LogP contribution in [-0.4, -0.2) is 25.3 Å². The van der Waals surface area contributed by atoms with Crippen LogP contribution in [-0.2, 0) is 9.22 Å². The first-order valence-corrected chi connectivity index (χ1v) is 10.3. The molecule has 100 valence electrons. The van der Waals surface area contributed by atoms with Crippen LogP contribution in [0, 0.1) is 5.92 Å². The first-order chi connectivity index (χ1) is 7.62. The summed E-state index contributed by atoms with van der Waals surface area (Å²) in [7, 11) is -1.59. The topological polar surface area (TPSA) is 26.3 Å². The minimum absolute atomic E-state index is 0.235. The molecule has 0 saturated heterocycles. The molecular weight excluding hydrogens is 248 g/mol. The monoisotopic (exact) mass is 274 g/mol. The van der Waals surface area contributed by atoms with Gasteiger partial charge in [-0.25, -0.2) is 0 Å². The second-order valence-electron chi connectivity index (χ2n) is 6.64. The van der Waals surface area contributed by atoms with E-state index in [1.807, 2.05) is 0 Å². The van der Waals surface area contributed by atoms with E-state index in [9.17, 15) is 4.79 Å². The standard InChI is InChI=1S/C13H26O2SSi/c1-10(14)16-9-11-7-12(8-11)15-17(5,6)13(2,3)4/h11-12H,7-9H2,1-6H3/t11-,12+. The molecule has 0 heterocycles. The highest BCUT2D eigenvalue weighted by molar-refractivity contribution is 8.13. The lowest BCUT2D eigenvalue weighted by atomic mass is 9.84. The van der Waals surface area contributed by atoms with Gasteiger partial charge in [0, 0.05) is 18.8 Å². The summed E-state index contributed by atoms with van der Waals surface area (Å²) in [5, 5.41) is 0.533. The average molecular weight is 275 g/mol. The van der Waals surface area contributed by atoms with Crippen molar-refractivity contribution in [1.29, 1.82) is 0 Å². The summed E-state index contributed by atoms with van der Waals surface area (Å²) >= 11 is 1.46. The predicted molar refractivity (Wildman–Crippen MR) is 77.9 cm³/mol. The summed E-state index contributed by atoms with van der Waals surface area (Å²) in [6.45, 7) is 13.1. The SMILES string of the molecule is CC(=O)SC[C@H]1C[C@@H](O[Si](C)(C)C(C)(C)C)C1. The molecule has 0 amide bonds. The van der Waals surface area contributed by atoms with Crippen molar-refractivity contribution in [3.05, 3.63) is 0 Å². The zero-order valence-electron chi connectivity index (χ0n) is 12.0. The summed E-state index contributed by atoms with van der Waals surface area (Å²) in [6, 6.07) is 0. The molecule has 0 spiro atoms. The van der Waals surface area contributed by atoms with E-state index in [1.54, 1.807) is 6.92 Å².